The molecule has 1 aliphatic carbocycles. The van der Waals surface area contributed by atoms with Crippen LogP contribution in [0, 0.1) is 5.92 Å². The fourth-order valence-electron chi connectivity index (χ4n) is 2.56. The zero-order chi connectivity index (χ0) is 14.5. The number of nitrogens with one attached hydrogen (secondary N) is 1. The Morgan fingerprint density at radius 2 is 2.15 bits per heavy atom. The Hall–Kier alpha value is -1.49. The Morgan fingerprint density at radius 3 is 2.80 bits per heavy atom. The number of carbonyl (C=O) groups excluding carboxylic acids is 1. The molecule has 1 aromatic rings. The van der Waals surface area contributed by atoms with Crippen LogP contribution < -0.4 is 11.1 Å². The van der Waals surface area contributed by atoms with E-state index in [0.29, 0.717) is 16.2 Å². The van der Waals surface area contributed by atoms with Gasteiger partial charge in [-0.25, -0.2) is 0 Å². The Balaban J connectivity index is 1.95. The van der Waals surface area contributed by atoms with E-state index >= 15 is 0 Å². The van der Waals surface area contributed by atoms with Crippen LogP contribution in [-0.4, -0.2) is 21.9 Å². The molecule has 0 aromatic carbocycles. The Bertz CT molecular complexity index is 486. The molecular weight excluding hydrogens is 270 g/mol. The zero-order valence-corrected chi connectivity index (χ0v) is 12.6. The third-order valence-corrected chi connectivity index (χ3v) is 4.11. The summed E-state index contributed by atoms with van der Waals surface area (Å²) < 4.78 is 0. The average Bonchev–Trinajstić information content (AvgIpc) is 2.64. The summed E-state index contributed by atoms with van der Waals surface area (Å²) in [5.74, 6) is 0.652. The van der Waals surface area contributed by atoms with Gasteiger partial charge in [-0.2, -0.15) is 0 Å². The zero-order valence-electron chi connectivity index (χ0n) is 11.8. The van der Waals surface area contributed by atoms with Crippen molar-refractivity contribution < 1.29 is 4.79 Å². The second-order valence-electron chi connectivity index (χ2n) is 5.58. The molecule has 0 radical (unpaired) electrons. The van der Waals surface area contributed by atoms with Gasteiger partial charge < -0.3 is 11.1 Å². The molecule has 20 heavy (non-hydrogen) atoms. The predicted octanol–water partition coefficient (Wildman–Crippen LogP) is 2.41. The molecule has 1 heterocycles. The van der Waals surface area contributed by atoms with E-state index in [1.807, 2.05) is 0 Å². The molecular formula is C15H21N3OS. The molecule has 0 spiro atoms. The van der Waals surface area contributed by atoms with Gasteiger partial charge in [-0.15, -0.1) is 0 Å². The summed E-state index contributed by atoms with van der Waals surface area (Å²) >= 11 is 4.87. The molecule has 1 fully saturated rings. The van der Waals surface area contributed by atoms with Gasteiger partial charge in [0, 0.05) is 17.8 Å². The van der Waals surface area contributed by atoms with E-state index in [1.54, 1.807) is 18.3 Å². The van der Waals surface area contributed by atoms with E-state index in [0.717, 1.165) is 18.8 Å². The van der Waals surface area contributed by atoms with Crippen LogP contribution in [0.1, 0.15) is 55.1 Å². The lowest BCUT2D eigenvalue weighted by molar-refractivity contribution is 0.0928. The topological polar surface area (TPSA) is 68.0 Å². The van der Waals surface area contributed by atoms with Crippen molar-refractivity contribution in [2.45, 2.75) is 45.1 Å². The summed E-state index contributed by atoms with van der Waals surface area (Å²) in [6.07, 6.45) is 7.28. The quantitative estimate of drug-likeness (QED) is 0.663. The maximum atomic E-state index is 12.2. The van der Waals surface area contributed by atoms with Crippen LogP contribution in [0.2, 0.25) is 0 Å². The molecule has 1 aliphatic rings. The fourth-order valence-corrected chi connectivity index (χ4v) is 2.69. The van der Waals surface area contributed by atoms with Crippen LogP contribution in [0.25, 0.3) is 0 Å². The predicted molar refractivity (Wildman–Crippen MR) is 83.6 cm³/mol. The van der Waals surface area contributed by atoms with Crippen molar-refractivity contribution in [1.82, 2.24) is 10.3 Å². The Kier molecular flexibility index (Phi) is 5.06. The lowest BCUT2D eigenvalue weighted by Gasteiger charge is -2.16. The molecule has 5 heteroatoms. The molecule has 108 valence electrons. The van der Waals surface area contributed by atoms with Gasteiger partial charge in [0.15, 0.2) is 0 Å². The number of nitrogens with zero attached hydrogens (tertiary/aromatic N) is 1. The van der Waals surface area contributed by atoms with E-state index in [9.17, 15) is 4.79 Å². The second kappa shape index (κ2) is 6.79. The highest BCUT2D eigenvalue weighted by Crippen LogP contribution is 2.22. The highest BCUT2D eigenvalue weighted by molar-refractivity contribution is 7.80. The van der Waals surface area contributed by atoms with Crippen LogP contribution >= 0.6 is 12.2 Å². The summed E-state index contributed by atoms with van der Waals surface area (Å²) in [4.78, 5) is 16.6. The van der Waals surface area contributed by atoms with Crippen LogP contribution in [0.15, 0.2) is 18.3 Å². The van der Waals surface area contributed by atoms with E-state index < -0.39 is 0 Å². The van der Waals surface area contributed by atoms with Gasteiger partial charge in [-0.3, -0.25) is 9.78 Å². The van der Waals surface area contributed by atoms with Crippen LogP contribution in [0.5, 0.6) is 0 Å². The van der Waals surface area contributed by atoms with E-state index in [-0.39, 0.29) is 11.9 Å². The summed E-state index contributed by atoms with van der Waals surface area (Å²) in [7, 11) is 0. The molecule has 2 unspecified atom stereocenters. The second-order valence-corrected chi connectivity index (χ2v) is 6.02. The number of carbonyl (C=O) groups is 1. The summed E-state index contributed by atoms with van der Waals surface area (Å²) in [5.41, 5.74) is 6.61. The van der Waals surface area contributed by atoms with Crippen molar-refractivity contribution in [3.05, 3.63) is 29.6 Å². The standard InChI is InChI=1S/C15H21N3OS/c1-10-3-2-4-12(7-5-10)18-15(19)13-8-6-11(9-17-13)14(16)20/h6,8-10,12H,2-5,7H2,1H3,(H2,16,20)(H,18,19). The minimum atomic E-state index is -0.112. The third-order valence-electron chi connectivity index (χ3n) is 3.87. The maximum Gasteiger partial charge on any atom is 0.270 e. The van der Waals surface area contributed by atoms with E-state index in [1.165, 1.54) is 19.3 Å². The molecule has 1 saturated carbocycles. The first-order valence-corrected chi connectivity index (χ1v) is 7.54. The molecule has 0 bridgehead atoms. The molecule has 0 saturated heterocycles. The number of rotatable bonds is 3. The minimum Gasteiger partial charge on any atom is -0.389 e. The monoisotopic (exact) mass is 291 g/mol. The number of pyridine rings is 1. The van der Waals surface area contributed by atoms with Crippen molar-refractivity contribution >= 4 is 23.1 Å². The third kappa shape index (κ3) is 4.00. The van der Waals surface area contributed by atoms with Crippen LogP contribution in [0.4, 0.5) is 0 Å². The Morgan fingerprint density at radius 1 is 1.35 bits per heavy atom. The first-order valence-electron chi connectivity index (χ1n) is 7.13. The summed E-state index contributed by atoms with van der Waals surface area (Å²) in [5, 5.41) is 3.08. The minimum absolute atomic E-state index is 0.112. The lowest BCUT2D eigenvalue weighted by Crippen LogP contribution is -2.35. The van der Waals surface area contributed by atoms with E-state index in [2.05, 4.69) is 17.2 Å². The summed E-state index contributed by atoms with van der Waals surface area (Å²) in [6.45, 7) is 2.28. The Labute approximate surface area is 125 Å². The van der Waals surface area contributed by atoms with Gasteiger partial charge in [0.1, 0.15) is 10.7 Å². The van der Waals surface area contributed by atoms with E-state index in [4.69, 9.17) is 18.0 Å². The molecule has 3 N–H and O–H groups in total. The number of hydrogen-bond acceptors (Lipinski definition) is 3. The van der Waals surface area contributed by atoms with Gasteiger partial charge in [-0.05, 0) is 37.3 Å². The molecule has 4 nitrogen and oxygen atoms in total. The molecule has 2 rings (SSSR count). The van der Waals surface area contributed by atoms with Crippen LogP contribution in [-0.2, 0) is 0 Å². The summed E-state index contributed by atoms with van der Waals surface area (Å²) in [6, 6.07) is 3.67. The SMILES string of the molecule is CC1CCCC(NC(=O)c2ccc(C(N)=S)cn2)CC1. The number of aromatic nitrogens is 1. The van der Waals surface area contributed by atoms with Crippen LogP contribution in [0.3, 0.4) is 0 Å². The normalized spacial score (nSPS) is 22.9. The highest BCUT2D eigenvalue weighted by Gasteiger charge is 2.19. The number of amides is 1. The lowest BCUT2D eigenvalue weighted by atomic mass is 10.0. The first-order chi connectivity index (χ1) is 9.56. The smallest absolute Gasteiger partial charge is 0.270 e. The van der Waals surface area contributed by atoms with Gasteiger partial charge in [0.2, 0.25) is 0 Å². The van der Waals surface area contributed by atoms with Gasteiger partial charge in [0.05, 0.1) is 0 Å². The van der Waals surface area contributed by atoms with Crippen molar-refractivity contribution in [2.75, 3.05) is 0 Å². The van der Waals surface area contributed by atoms with Gasteiger partial charge in [0.25, 0.3) is 5.91 Å². The largest absolute Gasteiger partial charge is 0.389 e. The molecule has 1 aromatic heterocycles. The average molecular weight is 291 g/mol. The van der Waals surface area contributed by atoms with Gasteiger partial charge >= 0.3 is 0 Å². The van der Waals surface area contributed by atoms with Crippen molar-refractivity contribution in [1.29, 1.82) is 0 Å². The van der Waals surface area contributed by atoms with Crippen molar-refractivity contribution in [3.63, 3.8) is 0 Å². The maximum absolute atomic E-state index is 12.2. The molecule has 1 amide bonds. The highest BCUT2D eigenvalue weighted by atomic mass is 32.1. The fraction of sp³-hybridized carbons (Fsp3) is 0.533. The number of hydrogen-bond donors (Lipinski definition) is 2. The molecule has 2 atom stereocenters. The molecule has 0 aliphatic heterocycles. The first kappa shape index (κ1) is 14.9. The van der Waals surface area contributed by atoms with Gasteiger partial charge in [-0.1, -0.05) is 32.0 Å². The van der Waals surface area contributed by atoms with Crippen molar-refractivity contribution in [3.8, 4) is 0 Å². The number of thiocarbonyl (C=S) groups is 1. The van der Waals surface area contributed by atoms with Crippen molar-refractivity contribution in [2.24, 2.45) is 11.7 Å². The number of nitrogens with two attached hydrogens (primary N) is 1.